The molecule has 3 heterocycles. The van der Waals surface area contributed by atoms with Crippen LogP contribution in [0, 0.1) is 0 Å². The Morgan fingerprint density at radius 3 is 3.12 bits per heavy atom. The molecule has 0 amide bonds. The molecule has 0 fully saturated rings. The highest BCUT2D eigenvalue weighted by Crippen LogP contribution is 2.14. The van der Waals surface area contributed by atoms with E-state index in [1.165, 1.54) is 11.5 Å². The molecule has 0 aliphatic rings. The number of rotatable bonds is 3. The second-order valence-electron chi connectivity index (χ2n) is 3.78. The van der Waals surface area contributed by atoms with E-state index in [9.17, 15) is 0 Å². The molecular formula is C11H11N5S. The van der Waals surface area contributed by atoms with Gasteiger partial charge < -0.3 is 10.1 Å². The standard InChI is InChI=1S/C11H11N5S/c12-9(11-14-7-17-15-11)5-8-6-13-10-3-1-2-4-16(8)10/h1-4,6-7,9H,5,12H2. The summed E-state index contributed by atoms with van der Waals surface area (Å²) in [6, 6.07) is 5.73. The van der Waals surface area contributed by atoms with Crippen LogP contribution in [-0.2, 0) is 6.42 Å². The van der Waals surface area contributed by atoms with Crippen LogP contribution < -0.4 is 5.73 Å². The summed E-state index contributed by atoms with van der Waals surface area (Å²) in [4.78, 5) is 8.45. The summed E-state index contributed by atoms with van der Waals surface area (Å²) < 4.78 is 6.19. The molecule has 0 aliphatic heterocycles. The number of nitrogens with two attached hydrogens (primary N) is 1. The third-order valence-corrected chi connectivity index (χ3v) is 3.12. The van der Waals surface area contributed by atoms with Gasteiger partial charge in [-0.25, -0.2) is 9.97 Å². The van der Waals surface area contributed by atoms with E-state index in [0.717, 1.165) is 11.3 Å². The molecule has 3 aromatic rings. The van der Waals surface area contributed by atoms with Crippen molar-refractivity contribution in [2.45, 2.75) is 12.5 Å². The first-order valence-corrected chi connectivity index (χ1v) is 6.11. The van der Waals surface area contributed by atoms with E-state index in [1.54, 1.807) is 5.51 Å². The van der Waals surface area contributed by atoms with Gasteiger partial charge in [0.2, 0.25) is 0 Å². The van der Waals surface area contributed by atoms with Crippen LogP contribution in [0.25, 0.3) is 5.65 Å². The third kappa shape index (κ3) is 1.92. The van der Waals surface area contributed by atoms with E-state index in [-0.39, 0.29) is 6.04 Å². The average molecular weight is 245 g/mol. The van der Waals surface area contributed by atoms with Crippen molar-refractivity contribution in [1.29, 1.82) is 0 Å². The van der Waals surface area contributed by atoms with E-state index in [0.29, 0.717) is 12.2 Å². The summed E-state index contributed by atoms with van der Waals surface area (Å²) in [6.45, 7) is 0. The molecule has 86 valence electrons. The van der Waals surface area contributed by atoms with Crippen molar-refractivity contribution in [3.63, 3.8) is 0 Å². The van der Waals surface area contributed by atoms with Crippen LogP contribution in [-0.4, -0.2) is 18.7 Å². The third-order valence-electron chi connectivity index (χ3n) is 2.63. The van der Waals surface area contributed by atoms with Gasteiger partial charge >= 0.3 is 0 Å². The Bertz CT molecular complexity index is 616. The first-order valence-electron chi connectivity index (χ1n) is 5.27. The van der Waals surface area contributed by atoms with Crippen LogP contribution >= 0.6 is 11.5 Å². The minimum absolute atomic E-state index is 0.179. The highest BCUT2D eigenvalue weighted by atomic mass is 32.1. The van der Waals surface area contributed by atoms with E-state index in [2.05, 4.69) is 14.3 Å². The van der Waals surface area contributed by atoms with Crippen LogP contribution in [0.15, 0.2) is 36.1 Å². The quantitative estimate of drug-likeness (QED) is 0.758. The number of nitrogens with zero attached hydrogens (tertiary/aromatic N) is 4. The van der Waals surface area contributed by atoms with E-state index in [1.807, 2.05) is 35.0 Å². The summed E-state index contributed by atoms with van der Waals surface area (Å²) >= 11 is 1.32. The van der Waals surface area contributed by atoms with E-state index < -0.39 is 0 Å². The fraction of sp³-hybridized carbons (Fsp3) is 0.182. The Hall–Kier alpha value is -1.79. The maximum atomic E-state index is 6.06. The summed E-state index contributed by atoms with van der Waals surface area (Å²) in [6.07, 6.45) is 4.52. The second-order valence-corrected chi connectivity index (χ2v) is 4.38. The monoisotopic (exact) mass is 245 g/mol. The Labute approximate surface area is 102 Å². The van der Waals surface area contributed by atoms with Gasteiger partial charge in [0.05, 0.1) is 6.04 Å². The average Bonchev–Trinajstić information content (AvgIpc) is 2.98. The van der Waals surface area contributed by atoms with Crippen LogP contribution in [0.5, 0.6) is 0 Å². The Kier molecular flexibility index (Phi) is 2.58. The van der Waals surface area contributed by atoms with Gasteiger partial charge in [-0.05, 0) is 23.7 Å². The summed E-state index contributed by atoms with van der Waals surface area (Å²) in [5.74, 6) is 0.695. The minimum Gasteiger partial charge on any atom is -0.321 e. The summed E-state index contributed by atoms with van der Waals surface area (Å²) in [5.41, 5.74) is 9.76. The molecule has 6 heteroatoms. The van der Waals surface area contributed by atoms with Crippen molar-refractivity contribution in [3.05, 3.63) is 47.6 Å². The van der Waals surface area contributed by atoms with Crippen molar-refractivity contribution in [1.82, 2.24) is 18.7 Å². The maximum Gasteiger partial charge on any atom is 0.159 e. The summed E-state index contributed by atoms with van der Waals surface area (Å²) in [7, 11) is 0. The lowest BCUT2D eigenvalue weighted by Gasteiger charge is -2.07. The van der Waals surface area contributed by atoms with Gasteiger partial charge in [0.25, 0.3) is 0 Å². The van der Waals surface area contributed by atoms with Crippen molar-refractivity contribution in [3.8, 4) is 0 Å². The summed E-state index contributed by atoms with van der Waals surface area (Å²) in [5, 5.41) is 0. The molecule has 2 N–H and O–H groups in total. The van der Waals surface area contributed by atoms with Crippen LogP contribution in [0.1, 0.15) is 17.6 Å². The van der Waals surface area contributed by atoms with Crippen LogP contribution in [0.2, 0.25) is 0 Å². The lowest BCUT2D eigenvalue weighted by atomic mass is 10.1. The predicted molar refractivity (Wildman–Crippen MR) is 65.7 cm³/mol. The Morgan fingerprint density at radius 2 is 2.29 bits per heavy atom. The van der Waals surface area contributed by atoms with Gasteiger partial charge in [0, 0.05) is 24.5 Å². The molecule has 0 aliphatic carbocycles. The fourth-order valence-electron chi connectivity index (χ4n) is 1.79. The SMILES string of the molecule is NC(Cc1cnc2ccccn12)c1ncsn1. The normalized spacial score (nSPS) is 13.0. The number of pyridine rings is 1. The zero-order valence-electron chi connectivity index (χ0n) is 9.02. The number of hydrogen-bond acceptors (Lipinski definition) is 5. The van der Waals surface area contributed by atoms with Crippen molar-refractivity contribution in [2.75, 3.05) is 0 Å². The van der Waals surface area contributed by atoms with Crippen molar-refractivity contribution < 1.29 is 0 Å². The molecule has 0 bridgehead atoms. The smallest absolute Gasteiger partial charge is 0.159 e. The number of fused-ring (bicyclic) bond motifs is 1. The van der Waals surface area contributed by atoms with Crippen molar-refractivity contribution in [2.24, 2.45) is 5.73 Å². The van der Waals surface area contributed by atoms with E-state index in [4.69, 9.17) is 5.73 Å². The van der Waals surface area contributed by atoms with Gasteiger partial charge in [0.1, 0.15) is 11.2 Å². The first-order chi connectivity index (χ1) is 8.34. The van der Waals surface area contributed by atoms with Gasteiger partial charge in [0.15, 0.2) is 5.82 Å². The Morgan fingerprint density at radius 1 is 1.35 bits per heavy atom. The van der Waals surface area contributed by atoms with E-state index >= 15 is 0 Å². The topological polar surface area (TPSA) is 69.1 Å². The molecule has 3 aromatic heterocycles. The number of imidazole rings is 1. The Balaban J connectivity index is 1.90. The molecule has 17 heavy (non-hydrogen) atoms. The minimum atomic E-state index is -0.179. The van der Waals surface area contributed by atoms with Gasteiger partial charge in [-0.3, -0.25) is 0 Å². The molecule has 0 spiro atoms. The fourth-order valence-corrected chi connectivity index (χ4v) is 2.29. The molecule has 3 rings (SSSR count). The molecule has 1 atom stereocenters. The predicted octanol–water partition coefficient (Wildman–Crippen LogP) is 1.43. The highest BCUT2D eigenvalue weighted by molar-refractivity contribution is 7.03. The molecule has 0 aromatic carbocycles. The molecule has 1 unspecified atom stereocenters. The molecular weight excluding hydrogens is 234 g/mol. The molecule has 0 saturated heterocycles. The van der Waals surface area contributed by atoms with Gasteiger partial charge in [-0.15, -0.1) is 0 Å². The molecule has 5 nitrogen and oxygen atoms in total. The second kappa shape index (κ2) is 4.23. The number of hydrogen-bond donors (Lipinski definition) is 1. The lowest BCUT2D eigenvalue weighted by Crippen LogP contribution is -2.15. The molecule has 0 saturated carbocycles. The maximum absolute atomic E-state index is 6.06. The molecule has 0 radical (unpaired) electrons. The highest BCUT2D eigenvalue weighted by Gasteiger charge is 2.13. The van der Waals surface area contributed by atoms with Crippen LogP contribution in [0.4, 0.5) is 0 Å². The van der Waals surface area contributed by atoms with Gasteiger partial charge in [-0.1, -0.05) is 6.07 Å². The largest absolute Gasteiger partial charge is 0.321 e. The number of aromatic nitrogens is 4. The van der Waals surface area contributed by atoms with Crippen molar-refractivity contribution >= 4 is 17.2 Å². The first kappa shape index (κ1) is 10.4. The van der Waals surface area contributed by atoms with Gasteiger partial charge in [-0.2, -0.15) is 4.37 Å². The zero-order chi connectivity index (χ0) is 11.7. The lowest BCUT2D eigenvalue weighted by molar-refractivity contribution is 0.665. The zero-order valence-corrected chi connectivity index (χ0v) is 9.84. The van der Waals surface area contributed by atoms with Crippen LogP contribution in [0.3, 0.4) is 0 Å².